The average molecular weight is 344 g/mol. The predicted octanol–water partition coefficient (Wildman–Crippen LogP) is 5.15. The van der Waals surface area contributed by atoms with Crippen LogP contribution in [0, 0.1) is 0 Å². The van der Waals surface area contributed by atoms with Crippen LogP contribution in [-0.4, -0.2) is 4.89 Å². The molecule has 0 saturated carbocycles. The number of hydrogen-bond donors (Lipinski definition) is 1. The molecule has 2 aromatic carbocycles. The lowest BCUT2D eigenvalue weighted by molar-refractivity contribution is 0.386. The van der Waals surface area contributed by atoms with Gasteiger partial charge in [-0.05, 0) is 22.5 Å². The van der Waals surface area contributed by atoms with Gasteiger partial charge in [-0.1, -0.05) is 71.9 Å². The van der Waals surface area contributed by atoms with Gasteiger partial charge in [-0.3, -0.25) is 0 Å². The van der Waals surface area contributed by atoms with E-state index in [1.165, 1.54) is 0 Å². The zero-order valence-electron chi connectivity index (χ0n) is 15.2. The third kappa shape index (κ3) is 2.81. The summed E-state index contributed by atoms with van der Waals surface area (Å²) in [6, 6.07) is 11.7. The topological polar surface area (TPSA) is 46.5 Å². The maximum absolute atomic E-state index is 12.9. The third-order valence-electron chi connectivity index (χ3n) is 4.50. The van der Waals surface area contributed by atoms with Crippen LogP contribution in [0.3, 0.4) is 0 Å². The molecule has 0 aliphatic carbocycles. The van der Waals surface area contributed by atoms with Gasteiger partial charge in [0, 0.05) is 16.7 Å². The fourth-order valence-electron chi connectivity index (χ4n) is 3.07. The predicted molar refractivity (Wildman–Crippen MR) is 99.4 cm³/mol. The number of benzene rings is 2. The molecule has 0 amide bonds. The Kier molecular flexibility index (Phi) is 3.75. The van der Waals surface area contributed by atoms with Gasteiger partial charge in [0.15, 0.2) is 0 Å². The molecule has 1 unspecified atom stereocenters. The number of para-hydroxylation sites is 1. The Morgan fingerprint density at radius 3 is 2.17 bits per heavy atom. The van der Waals surface area contributed by atoms with Crippen LogP contribution in [0.15, 0.2) is 36.4 Å². The van der Waals surface area contributed by atoms with E-state index in [4.69, 9.17) is 4.52 Å². The van der Waals surface area contributed by atoms with E-state index in [0.717, 1.165) is 22.3 Å². The summed E-state index contributed by atoms with van der Waals surface area (Å²) in [7, 11) is -3.90. The Morgan fingerprint density at radius 1 is 0.917 bits per heavy atom. The summed E-state index contributed by atoms with van der Waals surface area (Å²) < 4.78 is 18.6. The van der Waals surface area contributed by atoms with Crippen molar-refractivity contribution in [3.8, 4) is 16.9 Å². The zero-order valence-corrected chi connectivity index (χ0v) is 16.1. The van der Waals surface area contributed by atoms with Gasteiger partial charge in [0.1, 0.15) is 5.75 Å². The molecule has 0 bridgehead atoms. The zero-order chi connectivity index (χ0) is 17.9. The highest BCUT2D eigenvalue weighted by Gasteiger charge is 2.38. The average Bonchev–Trinajstić information content (AvgIpc) is 2.44. The van der Waals surface area contributed by atoms with Crippen LogP contribution in [0.1, 0.15) is 52.7 Å². The third-order valence-corrected chi connectivity index (χ3v) is 5.91. The smallest absolute Gasteiger partial charge is 0.408 e. The molecule has 128 valence electrons. The molecule has 1 atom stereocenters. The van der Waals surface area contributed by atoms with Gasteiger partial charge in [-0.15, -0.1) is 0 Å². The van der Waals surface area contributed by atoms with Crippen molar-refractivity contribution in [3.63, 3.8) is 0 Å². The fraction of sp³-hybridized carbons (Fsp3) is 0.400. The van der Waals surface area contributed by atoms with Gasteiger partial charge >= 0.3 is 7.60 Å². The van der Waals surface area contributed by atoms with E-state index in [0.29, 0.717) is 11.1 Å². The molecule has 1 heterocycles. The van der Waals surface area contributed by atoms with Gasteiger partial charge in [0.2, 0.25) is 0 Å². The molecule has 1 aliphatic heterocycles. The van der Waals surface area contributed by atoms with E-state index in [2.05, 4.69) is 41.5 Å². The van der Waals surface area contributed by atoms with E-state index in [1.54, 1.807) is 0 Å². The lowest BCUT2D eigenvalue weighted by atomic mass is 9.83. The molecule has 24 heavy (non-hydrogen) atoms. The molecule has 0 radical (unpaired) electrons. The Bertz CT molecular complexity index is 854. The highest BCUT2D eigenvalue weighted by Crippen LogP contribution is 2.54. The van der Waals surface area contributed by atoms with Crippen molar-refractivity contribution < 1.29 is 14.0 Å². The van der Waals surface area contributed by atoms with Crippen molar-refractivity contribution in [2.24, 2.45) is 0 Å². The molecule has 0 fully saturated rings. The van der Waals surface area contributed by atoms with Crippen LogP contribution < -0.4 is 9.83 Å². The van der Waals surface area contributed by atoms with E-state index in [1.807, 2.05) is 36.4 Å². The molecule has 0 aromatic heterocycles. The molecular weight excluding hydrogens is 319 g/mol. The molecule has 0 spiro atoms. The largest absolute Gasteiger partial charge is 0.420 e. The van der Waals surface area contributed by atoms with Crippen molar-refractivity contribution >= 4 is 12.9 Å². The second kappa shape index (κ2) is 5.21. The van der Waals surface area contributed by atoms with Gasteiger partial charge in [0.05, 0.1) is 5.30 Å². The number of hydrogen-bond acceptors (Lipinski definition) is 2. The first kappa shape index (κ1) is 17.3. The number of rotatable bonds is 0. The molecular formula is C20H25O3P. The lowest BCUT2D eigenvalue weighted by Gasteiger charge is -2.31. The van der Waals surface area contributed by atoms with Crippen LogP contribution in [0.4, 0.5) is 0 Å². The van der Waals surface area contributed by atoms with E-state index in [9.17, 15) is 9.46 Å². The quantitative estimate of drug-likeness (QED) is 0.672. The van der Waals surface area contributed by atoms with Gasteiger partial charge in [-0.2, -0.15) is 0 Å². The van der Waals surface area contributed by atoms with E-state index in [-0.39, 0.29) is 10.8 Å². The summed E-state index contributed by atoms with van der Waals surface area (Å²) in [6.45, 7) is 12.5. The normalized spacial score (nSPS) is 20.1. The molecule has 1 aliphatic rings. The summed E-state index contributed by atoms with van der Waals surface area (Å²) in [6.07, 6.45) is 0. The fourth-order valence-corrected chi connectivity index (χ4v) is 4.41. The van der Waals surface area contributed by atoms with E-state index < -0.39 is 7.60 Å². The Hall–Kier alpha value is -1.57. The summed E-state index contributed by atoms with van der Waals surface area (Å²) in [4.78, 5) is 10.6. The molecule has 3 rings (SSSR count). The maximum Gasteiger partial charge on any atom is 0.408 e. The number of fused-ring (bicyclic) bond motifs is 3. The molecule has 3 nitrogen and oxygen atoms in total. The standard InChI is InChI=1S/C20H25O3P/c1-19(2,3)13-10-11-14-15-8-7-9-16(20(4,5)6)18(15)23-24(21,22)17(14)12-13/h7-12H,1-6H3,(H,21,22). The van der Waals surface area contributed by atoms with Crippen LogP contribution in [-0.2, 0) is 15.4 Å². The molecule has 2 aromatic rings. The lowest BCUT2D eigenvalue weighted by Crippen LogP contribution is -2.23. The van der Waals surface area contributed by atoms with Gasteiger partial charge < -0.3 is 9.42 Å². The Morgan fingerprint density at radius 2 is 1.58 bits per heavy atom. The monoisotopic (exact) mass is 344 g/mol. The Balaban J connectivity index is 2.31. The SMILES string of the molecule is CC(C)(C)c1ccc2c(c1)P(=O)(O)Oc1c-2cccc1C(C)(C)C. The molecule has 1 N–H and O–H groups in total. The highest BCUT2D eigenvalue weighted by atomic mass is 31.2. The van der Waals surface area contributed by atoms with E-state index >= 15 is 0 Å². The second-order valence-electron chi connectivity index (χ2n) is 8.53. The summed E-state index contributed by atoms with van der Waals surface area (Å²) in [5.74, 6) is 0.534. The minimum Gasteiger partial charge on any atom is -0.420 e. The first-order valence-corrected chi connectivity index (χ1v) is 9.80. The van der Waals surface area contributed by atoms with Crippen molar-refractivity contribution in [1.82, 2.24) is 0 Å². The maximum atomic E-state index is 12.9. The minimum absolute atomic E-state index is 0.0947. The van der Waals surface area contributed by atoms with Crippen molar-refractivity contribution in [2.75, 3.05) is 0 Å². The summed E-state index contributed by atoms with van der Waals surface area (Å²) in [5.41, 5.74) is 3.38. The van der Waals surface area contributed by atoms with Crippen molar-refractivity contribution in [1.29, 1.82) is 0 Å². The first-order valence-electron chi connectivity index (χ1n) is 8.22. The highest BCUT2D eigenvalue weighted by molar-refractivity contribution is 7.62. The first-order chi connectivity index (χ1) is 10.9. The van der Waals surface area contributed by atoms with Crippen LogP contribution in [0.25, 0.3) is 11.1 Å². The minimum atomic E-state index is -3.90. The van der Waals surface area contributed by atoms with Crippen LogP contribution >= 0.6 is 7.60 Å². The summed E-state index contributed by atoms with van der Waals surface area (Å²) in [5, 5.41) is 0.397. The molecule has 0 saturated heterocycles. The van der Waals surface area contributed by atoms with Crippen molar-refractivity contribution in [3.05, 3.63) is 47.5 Å². The molecule has 4 heteroatoms. The van der Waals surface area contributed by atoms with Gasteiger partial charge in [0.25, 0.3) is 0 Å². The van der Waals surface area contributed by atoms with Crippen molar-refractivity contribution in [2.45, 2.75) is 52.4 Å². The second-order valence-corrected chi connectivity index (χ2v) is 10.2. The Labute approximate surface area is 144 Å². The summed E-state index contributed by atoms with van der Waals surface area (Å²) >= 11 is 0. The van der Waals surface area contributed by atoms with Crippen LogP contribution in [0.2, 0.25) is 0 Å². The van der Waals surface area contributed by atoms with Crippen LogP contribution in [0.5, 0.6) is 5.75 Å². The van der Waals surface area contributed by atoms with Gasteiger partial charge in [-0.25, -0.2) is 4.57 Å².